The predicted molar refractivity (Wildman–Crippen MR) is 101 cm³/mol. The van der Waals surface area contributed by atoms with Crippen molar-refractivity contribution in [1.82, 2.24) is 4.31 Å². The summed E-state index contributed by atoms with van der Waals surface area (Å²) in [6.07, 6.45) is 3.66. The van der Waals surface area contributed by atoms with E-state index in [0.717, 1.165) is 28.0 Å². The molecule has 0 saturated heterocycles. The molecule has 5 heteroatoms. The van der Waals surface area contributed by atoms with E-state index in [1.165, 1.54) is 0 Å². The molecule has 1 aromatic carbocycles. The zero-order chi connectivity index (χ0) is 18.4. The molecule has 1 unspecified atom stereocenters. The summed E-state index contributed by atoms with van der Waals surface area (Å²) in [5.74, 6) is 0.767. The van der Waals surface area contributed by atoms with Crippen LogP contribution in [-0.4, -0.2) is 24.0 Å². The standard InChI is InChI=1S/C20H25NO3S/c1-14-6-8-16(9-7-14)18-12-17(19-15(2)10-11-24-19)13-21(18)25(22,23)20(3,4)5/h6-12,18H,13H2,1-5H3. The maximum absolute atomic E-state index is 13.2. The van der Waals surface area contributed by atoms with Crippen molar-refractivity contribution in [3.8, 4) is 0 Å². The minimum atomic E-state index is -3.48. The van der Waals surface area contributed by atoms with E-state index in [1.54, 1.807) is 31.3 Å². The van der Waals surface area contributed by atoms with E-state index < -0.39 is 14.8 Å². The molecule has 0 radical (unpaired) electrons. The smallest absolute Gasteiger partial charge is 0.220 e. The van der Waals surface area contributed by atoms with E-state index in [0.29, 0.717) is 6.54 Å². The second-order valence-electron chi connectivity index (χ2n) is 7.64. The summed E-state index contributed by atoms with van der Waals surface area (Å²) < 4.78 is 32.7. The molecule has 134 valence electrons. The Morgan fingerprint density at radius 2 is 1.72 bits per heavy atom. The maximum atomic E-state index is 13.2. The van der Waals surface area contributed by atoms with E-state index >= 15 is 0 Å². The fraction of sp³-hybridized carbons (Fsp3) is 0.400. The van der Waals surface area contributed by atoms with Crippen LogP contribution >= 0.6 is 0 Å². The molecule has 2 heterocycles. The normalized spacial score (nSPS) is 19.2. The minimum absolute atomic E-state index is 0.315. The first-order valence-electron chi connectivity index (χ1n) is 8.44. The van der Waals surface area contributed by atoms with Gasteiger partial charge >= 0.3 is 0 Å². The molecule has 25 heavy (non-hydrogen) atoms. The molecule has 1 aliphatic rings. The molecule has 3 rings (SSSR count). The summed E-state index contributed by atoms with van der Waals surface area (Å²) in [5, 5.41) is 0. The minimum Gasteiger partial charge on any atom is -0.464 e. The Morgan fingerprint density at radius 3 is 2.24 bits per heavy atom. The van der Waals surface area contributed by atoms with Gasteiger partial charge in [0.2, 0.25) is 10.0 Å². The highest BCUT2D eigenvalue weighted by Crippen LogP contribution is 2.40. The maximum Gasteiger partial charge on any atom is 0.220 e. The van der Waals surface area contributed by atoms with Crippen LogP contribution in [0.1, 0.15) is 49.3 Å². The highest BCUT2D eigenvalue weighted by molar-refractivity contribution is 7.90. The van der Waals surface area contributed by atoms with Gasteiger partial charge in [0.05, 0.1) is 17.1 Å². The summed E-state index contributed by atoms with van der Waals surface area (Å²) in [6, 6.07) is 9.61. The third kappa shape index (κ3) is 3.18. The third-order valence-electron chi connectivity index (χ3n) is 4.65. The molecule has 1 aliphatic heterocycles. The van der Waals surface area contributed by atoms with E-state index in [9.17, 15) is 8.42 Å². The van der Waals surface area contributed by atoms with Gasteiger partial charge in [-0.15, -0.1) is 0 Å². The lowest BCUT2D eigenvalue weighted by molar-refractivity contribution is 0.400. The first-order valence-corrected chi connectivity index (χ1v) is 9.88. The molecule has 0 aliphatic carbocycles. The zero-order valence-corrected chi connectivity index (χ0v) is 16.2. The van der Waals surface area contributed by atoms with Crippen molar-refractivity contribution in [3.05, 3.63) is 65.1 Å². The number of aryl methyl sites for hydroxylation is 2. The topological polar surface area (TPSA) is 50.5 Å². The fourth-order valence-corrected chi connectivity index (χ4v) is 4.55. The van der Waals surface area contributed by atoms with Gasteiger partial charge in [-0.1, -0.05) is 35.9 Å². The van der Waals surface area contributed by atoms with E-state index in [1.807, 2.05) is 50.3 Å². The molecule has 4 nitrogen and oxygen atoms in total. The average Bonchev–Trinajstić information content (AvgIpc) is 3.13. The largest absolute Gasteiger partial charge is 0.464 e. The van der Waals surface area contributed by atoms with Gasteiger partial charge < -0.3 is 4.42 Å². The first kappa shape index (κ1) is 18.0. The van der Waals surface area contributed by atoms with Gasteiger partial charge in [-0.3, -0.25) is 0 Å². The summed E-state index contributed by atoms with van der Waals surface area (Å²) in [5.41, 5.74) is 4.06. The van der Waals surface area contributed by atoms with E-state index in [4.69, 9.17) is 4.42 Å². The van der Waals surface area contributed by atoms with Crippen LogP contribution in [0.3, 0.4) is 0 Å². The van der Waals surface area contributed by atoms with Crippen LogP contribution in [0.4, 0.5) is 0 Å². The van der Waals surface area contributed by atoms with Crippen LogP contribution in [0.15, 0.2) is 47.1 Å². The number of furan rings is 1. The summed E-state index contributed by atoms with van der Waals surface area (Å²) in [6.45, 7) is 9.55. The second-order valence-corrected chi connectivity index (χ2v) is 10.3. The Balaban J connectivity index is 2.09. The predicted octanol–water partition coefficient (Wildman–Crippen LogP) is 4.47. The highest BCUT2D eigenvalue weighted by Gasteiger charge is 2.42. The molecule has 0 spiro atoms. The van der Waals surface area contributed by atoms with Gasteiger partial charge in [0.1, 0.15) is 5.76 Å². The SMILES string of the molecule is Cc1ccc(C2C=C(c3occc3C)CN2S(=O)(=O)C(C)(C)C)cc1. The summed E-state index contributed by atoms with van der Waals surface area (Å²) in [7, 11) is -3.48. The molecule has 1 aromatic heterocycles. The van der Waals surface area contributed by atoms with Crippen molar-refractivity contribution in [2.75, 3.05) is 6.54 Å². The van der Waals surface area contributed by atoms with Crippen molar-refractivity contribution < 1.29 is 12.8 Å². The quantitative estimate of drug-likeness (QED) is 0.813. The van der Waals surface area contributed by atoms with Crippen LogP contribution in [-0.2, 0) is 10.0 Å². The number of benzene rings is 1. The van der Waals surface area contributed by atoms with Crippen molar-refractivity contribution >= 4 is 15.6 Å². The van der Waals surface area contributed by atoms with Crippen LogP contribution in [0.5, 0.6) is 0 Å². The van der Waals surface area contributed by atoms with Crippen LogP contribution in [0, 0.1) is 13.8 Å². The summed E-state index contributed by atoms with van der Waals surface area (Å²) >= 11 is 0. The molecule has 0 amide bonds. The molecule has 0 fully saturated rings. The Kier molecular flexibility index (Phi) is 4.41. The third-order valence-corrected chi connectivity index (χ3v) is 7.17. The van der Waals surface area contributed by atoms with Crippen LogP contribution in [0.2, 0.25) is 0 Å². The summed E-state index contributed by atoms with van der Waals surface area (Å²) in [4.78, 5) is 0. The van der Waals surface area contributed by atoms with Crippen molar-refractivity contribution in [1.29, 1.82) is 0 Å². The molecular formula is C20H25NO3S. The van der Waals surface area contributed by atoms with Crippen LogP contribution < -0.4 is 0 Å². The monoisotopic (exact) mass is 359 g/mol. The molecule has 0 N–H and O–H groups in total. The van der Waals surface area contributed by atoms with Crippen molar-refractivity contribution in [2.24, 2.45) is 0 Å². The Morgan fingerprint density at radius 1 is 1.08 bits per heavy atom. The van der Waals surface area contributed by atoms with Crippen molar-refractivity contribution in [2.45, 2.75) is 45.4 Å². The van der Waals surface area contributed by atoms with Gasteiger partial charge in [-0.05, 0) is 51.8 Å². The lowest BCUT2D eigenvalue weighted by Crippen LogP contribution is -2.43. The van der Waals surface area contributed by atoms with Crippen LogP contribution in [0.25, 0.3) is 5.57 Å². The van der Waals surface area contributed by atoms with E-state index in [2.05, 4.69) is 0 Å². The van der Waals surface area contributed by atoms with Gasteiger partial charge in [-0.2, -0.15) is 4.31 Å². The zero-order valence-electron chi connectivity index (χ0n) is 15.4. The highest BCUT2D eigenvalue weighted by atomic mass is 32.2. The number of rotatable bonds is 3. The van der Waals surface area contributed by atoms with Gasteiger partial charge in [-0.25, -0.2) is 8.42 Å². The Labute approximate surface area is 150 Å². The lowest BCUT2D eigenvalue weighted by atomic mass is 10.0. The average molecular weight is 359 g/mol. The van der Waals surface area contributed by atoms with Gasteiger partial charge in [0.25, 0.3) is 0 Å². The second kappa shape index (κ2) is 6.15. The lowest BCUT2D eigenvalue weighted by Gasteiger charge is -2.31. The molecule has 2 aromatic rings. The Hall–Kier alpha value is -1.85. The van der Waals surface area contributed by atoms with Gasteiger partial charge in [0, 0.05) is 12.1 Å². The number of hydrogen-bond acceptors (Lipinski definition) is 3. The van der Waals surface area contributed by atoms with Crippen molar-refractivity contribution in [3.63, 3.8) is 0 Å². The molecule has 0 bridgehead atoms. The van der Waals surface area contributed by atoms with Gasteiger partial charge in [0.15, 0.2) is 0 Å². The first-order chi connectivity index (χ1) is 11.6. The number of hydrogen-bond donors (Lipinski definition) is 0. The Bertz CT molecular complexity index is 899. The number of nitrogens with zero attached hydrogens (tertiary/aromatic N) is 1. The molecule has 1 atom stereocenters. The molecular weight excluding hydrogens is 334 g/mol. The van der Waals surface area contributed by atoms with E-state index in [-0.39, 0.29) is 6.04 Å². The fourth-order valence-electron chi connectivity index (χ4n) is 3.05. The number of sulfonamides is 1. The molecule has 0 saturated carbocycles.